The summed E-state index contributed by atoms with van der Waals surface area (Å²) in [5, 5.41) is 0. The van der Waals surface area contributed by atoms with Gasteiger partial charge in [-0.1, -0.05) is 44.9 Å². The third-order valence-corrected chi connectivity index (χ3v) is 20.6. The molecule has 0 bridgehead atoms. The number of esters is 10. The van der Waals surface area contributed by atoms with Crippen LogP contribution in [0.3, 0.4) is 0 Å². The number of hydrogen-bond acceptors (Lipinski definition) is 27. The number of fused-ring (bicyclic) bond motifs is 4. The Labute approximate surface area is 542 Å². The summed E-state index contributed by atoms with van der Waals surface area (Å²) in [5.41, 5.74) is -1.12. The minimum Gasteiger partial charge on any atom is -0.463 e. The van der Waals surface area contributed by atoms with Crippen LogP contribution in [0.15, 0.2) is 23.8 Å². The van der Waals surface area contributed by atoms with E-state index < -0.39 is 199 Å². The van der Waals surface area contributed by atoms with Gasteiger partial charge in [0.25, 0.3) is 0 Å². The van der Waals surface area contributed by atoms with Gasteiger partial charge in [0.05, 0.1) is 24.0 Å². The summed E-state index contributed by atoms with van der Waals surface area (Å²) in [6.45, 7) is 25.2. The Kier molecular flexibility index (Phi) is 22.4. The van der Waals surface area contributed by atoms with Gasteiger partial charge >= 0.3 is 59.7 Å². The first kappa shape index (κ1) is 72.7. The number of cyclic esters (lactones) is 1. The van der Waals surface area contributed by atoms with E-state index in [9.17, 15) is 47.9 Å². The predicted molar refractivity (Wildman–Crippen MR) is 316 cm³/mol. The van der Waals surface area contributed by atoms with Crippen LogP contribution < -0.4 is 0 Å². The molecule has 4 heterocycles. The smallest absolute Gasteiger partial charge is 0.314 e. The molecule has 27 heteroatoms. The van der Waals surface area contributed by atoms with Gasteiger partial charge in [-0.25, -0.2) is 0 Å². The molecule has 4 saturated heterocycles. The van der Waals surface area contributed by atoms with Gasteiger partial charge < -0.3 is 80.5 Å². The average molecular weight is 1320 g/mol. The number of rotatable bonds is 22. The van der Waals surface area contributed by atoms with Crippen LogP contribution >= 0.6 is 0 Å². The van der Waals surface area contributed by atoms with Crippen molar-refractivity contribution in [3.8, 4) is 0 Å². The van der Waals surface area contributed by atoms with Crippen molar-refractivity contribution in [3.05, 3.63) is 23.8 Å². The first-order valence-corrected chi connectivity index (χ1v) is 32.0. The van der Waals surface area contributed by atoms with Crippen molar-refractivity contribution in [2.24, 2.45) is 39.4 Å². The Morgan fingerprint density at radius 1 is 0.559 bits per heavy atom. The van der Waals surface area contributed by atoms with Crippen LogP contribution in [0.4, 0.5) is 0 Å². The van der Waals surface area contributed by atoms with Crippen LogP contribution in [0, 0.1) is 39.4 Å². The van der Waals surface area contributed by atoms with Gasteiger partial charge in [0.1, 0.15) is 55.4 Å². The zero-order valence-corrected chi connectivity index (χ0v) is 56.3. The third-order valence-electron chi connectivity index (χ3n) is 20.6. The predicted octanol–water partition coefficient (Wildman–Crippen LogP) is 5.87. The topological polar surface area (TPSA) is 328 Å². The van der Waals surface area contributed by atoms with Gasteiger partial charge in [0.2, 0.25) is 0 Å². The van der Waals surface area contributed by atoms with E-state index in [0.29, 0.717) is 32.1 Å². The Balaban J connectivity index is 1.10. The van der Waals surface area contributed by atoms with Crippen LogP contribution in [0.2, 0.25) is 0 Å². The normalized spacial score (nSPS) is 39.7. The third kappa shape index (κ3) is 14.8. The van der Waals surface area contributed by atoms with E-state index in [-0.39, 0.29) is 23.7 Å². The maximum atomic E-state index is 14.8. The molecule has 27 nitrogen and oxygen atoms in total. The summed E-state index contributed by atoms with van der Waals surface area (Å²) in [6, 6.07) is 0. The fraction of sp³-hybridized carbons (Fsp3) is 0.788. The largest absolute Gasteiger partial charge is 0.463 e. The molecule has 23 unspecified atom stereocenters. The molecule has 0 aromatic carbocycles. The van der Waals surface area contributed by atoms with E-state index in [1.807, 2.05) is 13.8 Å². The summed E-state index contributed by atoms with van der Waals surface area (Å²) in [6.07, 6.45) is -15.7. The lowest BCUT2D eigenvalue weighted by molar-refractivity contribution is -0.377. The Morgan fingerprint density at radius 3 is 1.57 bits per heavy atom. The van der Waals surface area contributed by atoms with E-state index in [2.05, 4.69) is 40.3 Å². The molecule has 93 heavy (non-hydrogen) atoms. The summed E-state index contributed by atoms with van der Waals surface area (Å²) in [4.78, 5) is 131. The number of carbonyl (C=O) groups excluding carboxylic acids is 10. The molecule has 1 spiro atoms. The Bertz CT molecular complexity index is 2900. The molecule has 4 aliphatic heterocycles. The van der Waals surface area contributed by atoms with Crippen LogP contribution in [0.1, 0.15) is 162 Å². The molecule has 8 aliphatic rings. The van der Waals surface area contributed by atoms with Gasteiger partial charge in [0, 0.05) is 69.4 Å². The van der Waals surface area contributed by atoms with Crippen molar-refractivity contribution in [1.82, 2.24) is 0 Å². The molecular formula is C66H94O27. The highest BCUT2D eigenvalue weighted by molar-refractivity contribution is 5.84. The van der Waals surface area contributed by atoms with E-state index in [1.54, 1.807) is 0 Å². The van der Waals surface area contributed by atoms with Crippen LogP contribution in [-0.2, 0) is 128 Å². The van der Waals surface area contributed by atoms with E-state index in [0.717, 1.165) is 86.6 Å². The molecule has 23 atom stereocenters. The molecular weight excluding hydrogens is 1220 g/mol. The SMILES string of the molecule is C=C(C)CCCC1(C)OC(=O)C23CC=C4C(CCC5C4(C)CCC(OC4OCC(OC6OC(COC(C)=O)C(OC(C)=O)C(OC7OC(COC(C)=O)C(OC(C)=O)C(OC)C7OC(C)=O)C6OC(C)=O)C(OC(C)=O)C4OC(C)=O)C5(C)C)C2(C)CC(OC(C)=O)C13. The van der Waals surface area contributed by atoms with E-state index in [4.69, 9.17) is 80.5 Å². The van der Waals surface area contributed by atoms with Gasteiger partial charge in [-0.3, -0.25) is 47.9 Å². The highest BCUT2D eigenvalue weighted by Crippen LogP contribution is 2.76. The zero-order valence-electron chi connectivity index (χ0n) is 56.3. The minimum atomic E-state index is -1.89. The summed E-state index contributed by atoms with van der Waals surface area (Å²) in [7, 11) is 1.21. The molecule has 8 rings (SSSR count). The maximum absolute atomic E-state index is 14.8. The lowest BCUT2D eigenvalue weighted by Gasteiger charge is -2.63. The van der Waals surface area contributed by atoms with Crippen molar-refractivity contribution in [2.75, 3.05) is 26.9 Å². The van der Waals surface area contributed by atoms with Crippen LogP contribution in [-0.4, -0.2) is 190 Å². The van der Waals surface area contributed by atoms with Gasteiger partial charge in [0.15, 0.2) is 55.5 Å². The van der Waals surface area contributed by atoms with E-state index >= 15 is 0 Å². The highest BCUT2D eigenvalue weighted by Gasteiger charge is 2.79. The fourth-order valence-corrected chi connectivity index (χ4v) is 17.2. The molecule has 0 aromatic rings. The molecule has 3 saturated carbocycles. The number of carbonyl (C=O) groups is 10. The summed E-state index contributed by atoms with van der Waals surface area (Å²) < 4.78 is 104. The molecule has 4 aliphatic carbocycles. The highest BCUT2D eigenvalue weighted by atomic mass is 16.8. The number of hydrogen-bond donors (Lipinski definition) is 0. The maximum Gasteiger partial charge on any atom is 0.314 e. The van der Waals surface area contributed by atoms with Crippen molar-refractivity contribution in [3.63, 3.8) is 0 Å². The Morgan fingerprint density at radius 2 is 1.05 bits per heavy atom. The van der Waals surface area contributed by atoms with Crippen molar-refractivity contribution in [1.29, 1.82) is 0 Å². The minimum absolute atomic E-state index is 0.00394. The second-order valence-corrected chi connectivity index (χ2v) is 27.5. The van der Waals surface area contributed by atoms with Gasteiger partial charge in [-0.15, -0.1) is 6.58 Å². The molecule has 7 fully saturated rings. The number of allylic oxidation sites excluding steroid dienone is 3. The summed E-state index contributed by atoms with van der Waals surface area (Å²) >= 11 is 0. The van der Waals surface area contributed by atoms with Crippen molar-refractivity contribution < 1.29 is 128 Å². The first-order chi connectivity index (χ1) is 43.5. The lowest BCUT2D eigenvalue weighted by Crippen LogP contribution is -2.68. The van der Waals surface area contributed by atoms with Crippen LogP contribution in [0.25, 0.3) is 0 Å². The van der Waals surface area contributed by atoms with Gasteiger partial charge in [-0.2, -0.15) is 0 Å². The van der Waals surface area contributed by atoms with Crippen molar-refractivity contribution in [2.45, 2.75) is 265 Å². The molecule has 0 amide bonds. The first-order valence-electron chi connectivity index (χ1n) is 32.0. The molecule has 520 valence electrons. The number of ether oxygens (including phenoxy) is 17. The number of methoxy groups -OCH3 is 1. The summed E-state index contributed by atoms with van der Waals surface area (Å²) in [5.74, 6) is -7.92. The second kappa shape index (κ2) is 28.7. The Hall–Kier alpha value is -6.10. The zero-order chi connectivity index (χ0) is 68.6. The van der Waals surface area contributed by atoms with Crippen LogP contribution in [0.5, 0.6) is 0 Å². The molecule has 0 radical (unpaired) electrons. The molecule has 0 aromatic heterocycles. The second-order valence-electron chi connectivity index (χ2n) is 27.5. The lowest BCUT2D eigenvalue weighted by atomic mass is 9.41. The quantitative estimate of drug-likeness (QED) is 0.0529. The van der Waals surface area contributed by atoms with Gasteiger partial charge in [-0.05, 0) is 99.7 Å². The average Bonchev–Trinajstić information content (AvgIpc) is 1.52. The standard InChI is InChI=1S/C66H94O27/c1-31(2)19-18-24-65(16)57-43(81-34(5)69)27-64(15)42-20-21-47-62(12,13)48(23-25-63(47,14)41(42)22-26-66(57,64)61(76)93-65)91-58-54(85-38(9)73)51(84-37(8)72)46(30-80-58)89-59-56(87-40(11)75)53(50(83-36(7)71)45(88-59)29-79-33(4)68)92-60-55(86-39(10)74)52(77-17)49(82-35(6)70)44(90-60)28-78-32(3)67/h22,42-60H,1,18-21,23-30H2,2-17H3. The monoisotopic (exact) mass is 1320 g/mol. The fourth-order valence-electron chi connectivity index (χ4n) is 17.2. The van der Waals surface area contributed by atoms with E-state index in [1.165, 1.54) is 19.6 Å². The van der Waals surface area contributed by atoms with Crippen molar-refractivity contribution >= 4 is 59.7 Å². The molecule has 0 N–H and O–H groups in total.